The van der Waals surface area contributed by atoms with Gasteiger partial charge in [0.15, 0.2) is 0 Å². The topological polar surface area (TPSA) is 104 Å². The zero-order chi connectivity index (χ0) is 17.2. The molecular formula is C17H19N3O4. The summed E-state index contributed by atoms with van der Waals surface area (Å²) in [4.78, 5) is 23.6. The SMILES string of the molecule is CCCC1(c2ccccc2)CC(Nc2[nH]ncc2C(=O)O)C(=O)O1. The fourth-order valence-electron chi connectivity index (χ4n) is 3.18. The molecule has 7 heteroatoms. The zero-order valence-electron chi connectivity index (χ0n) is 13.3. The Labute approximate surface area is 139 Å². The smallest absolute Gasteiger partial charge is 0.341 e. The summed E-state index contributed by atoms with van der Waals surface area (Å²) in [6, 6.07) is 9.01. The average molecular weight is 329 g/mol. The number of carbonyl (C=O) groups excluding carboxylic acids is 1. The fraction of sp³-hybridized carbons (Fsp3) is 0.353. The molecule has 2 unspecified atom stereocenters. The van der Waals surface area contributed by atoms with E-state index in [0.717, 1.165) is 12.0 Å². The normalized spacial score (nSPS) is 23.0. The molecule has 2 aromatic rings. The summed E-state index contributed by atoms with van der Waals surface area (Å²) < 4.78 is 5.75. The van der Waals surface area contributed by atoms with Gasteiger partial charge in [0.05, 0.1) is 6.20 Å². The Morgan fingerprint density at radius 3 is 2.88 bits per heavy atom. The van der Waals surface area contributed by atoms with Crippen molar-refractivity contribution in [2.24, 2.45) is 0 Å². The number of hydrogen-bond donors (Lipinski definition) is 3. The number of nitrogens with one attached hydrogen (secondary N) is 2. The number of aromatic carboxylic acids is 1. The van der Waals surface area contributed by atoms with Gasteiger partial charge in [0, 0.05) is 6.42 Å². The largest absolute Gasteiger partial charge is 0.477 e. The highest BCUT2D eigenvalue weighted by Crippen LogP contribution is 2.41. The number of hydrogen-bond acceptors (Lipinski definition) is 5. The molecule has 0 radical (unpaired) electrons. The summed E-state index contributed by atoms with van der Waals surface area (Å²) in [5, 5.41) is 18.4. The maximum atomic E-state index is 12.4. The first kappa shape index (κ1) is 16.0. The third kappa shape index (κ3) is 2.84. The van der Waals surface area contributed by atoms with Crippen molar-refractivity contribution in [1.29, 1.82) is 0 Å². The minimum atomic E-state index is -1.11. The highest BCUT2D eigenvalue weighted by atomic mass is 16.6. The Kier molecular flexibility index (Phi) is 4.24. The van der Waals surface area contributed by atoms with Gasteiger partial charge in [0.25, 0.3) is 0 Å². The number of esters is 1. The van der Waals surface area contributed by atoms with E-state index >= 15 is 0 Å². The molecule has 1 aromatic carbocycles. The molecule has 126 valence electrons. The number of anilines is 1. The van der Waals surface area contributed by atoms with Crippen molar-refractivity contribution in [3.05, 3.63) is 47.7 Å². The van der Waals surface area contributed by atoms with Crippen molar-refractivity contribution >= 4 is 17.8 Å². The van der Waals surface area contributed by atoms with Crippen molar-refractivity contribution in [3.8, 4) is 0 Å². The number of rotatable bonds is 6. The lowest BCUT2D eigenvalue weighted by atomic mass is 9.85. The fourth-order valence-corrected chi connectivity index (χ4v) is 3.18. The van der Waals surface area contributed by atoms with E-state index in [9.17, 15) is 9.59 Å². The predicted octanol–water partition coefficient (Wildman–Crippen LogP) is 2.53. The Morgan fingerprint density at radius 2 is 2.21 bits per heavy atom. The summed E-state index contributed by atoms with van der Waals surface area (Å²) in [6.45, 7) is 2.04. The van der Waals surface area contributed by atoms with Crippen molar-refractivity contribution in [1.82, 2.24) is 10.2 Å². The van der Waals surface area contributed by atoms with Crippen LogP contribution in [0.1, 0.15) is 42.1 Å². The van der Waals surface area contributed by atoms with E-state index < -0.39 is 23.6 Å². The van der Waals surface area contributed by atoms with Gasteiger partial charge in [-0.05, 0) is 12.0 Å². The number of H-pyrrole nitrogens is 1. The predicted molar refractivity (Wildman–Crippen MR) is 86.7 cm³/mol. The summed E-state index contributed by atoms with van der Waals surface area (Å²) in [5.41, 5.74) is 0.261. The first-order valence-electron chi connectivity index (χ1n) is 7.87. The first-order chi connectivity index (χ1) is 11.6. The van der Waals surface area contributed by atoms with Gasteiger partial charge in [0.2, 0.25) is 0 Å². The van der Waals surface area contributed by atoms with Crippen LogP contribution < -0.4 is 5.32 Å². The second-order valence-electron chi connectivity index (χ2n) is 5.90. The van der Waals surface area contributed by atoms with Crippen LogP contribution in [0.5, 0.6) is 0 Å². The van der Waals surface area contributed by atoms with E-state index in [1.807, 2.05) is 37.3 Å². The van der Waals surface area contributed by atoms with Gasteiger partial charge >= 0.3 is 11.9 Å². The number of ether oxygens (including phenoxy) is 1. The maximum absolute atomic E-state index is 12.4. The number of carboxylic acids is 1. The van der Waals surface area contributed by atoms with Crippen LogP contribution in [0.3, 0.4) is 0 Å². The lowest BCUT2D eigenvalue weighted by Gasteiger charge is -2.27. The maximum Gasteiger partial charge on any atom is 0.341 e. The van der Waals surface area contributed by atoms with Gasteiger partial charge in [-0.15, -0.1) is 0 Å². The molecular weight excluding hydrogens is 310 g/mol. The van der Waals surface area contributed by atoms with Crippen LogP contribution in [-0.2, 0) is 15.1 Å². The van der Waals surface area contributed by atoms with Gasteiger partial charge in [0.1, 0.15) is 23.0 Å². The molecule has 1 saturated heterocycles. The standard InChI is InChI=1S/C17H19N3O4/c1-2-8-17(11-6-4-3-5-7-11)9-13(16(23)24-17)19-14-12(15(21)22)10-18-20-14/h3-7,10,13H,2,8-9H2,1H3,(H,21,22)(H2,18,19,20). The molecule has 0 aliphatic carbocycles. The quantitative estimate of drug-likeness (QED) is 0.704. The van der Waals surface area contributed by atoms with E-state index in [-0.39, 0.29) is 11.4 Å². The lowest BCUT2D eigenvalue weighted by Crippen LogP contribution is -2.27. The highest BCUT2D eigenvalue weighted by Gasteiger charge is 2.47. The van der Waals surface area contributed by atoms with E-state index in [1.54, 1.807) is 0 Å². The van der Waals surface area contributed by atoms with E-state index in [1.165, 1.54) is 6.20 Å². The first-order valence-corrected chi connectivity index (χ1v) is 7.87. The second kappa shape index (κ2) is 6.35. The van der Waals surface area contributed by atoms with Gasteiger partial charge < -0.3 is 15.2 Å². The number of nitrogens with zero attached hydrogens (tertiary/aromatic N) is 1. The number of carboxylic acid groups (broad SMARTS) is 1. The third-order valence-electron chi connectivity index (χ3n) is 4.26. The zero-order valence-corrected chi connectivity index (χ0v) is 13.3. The molecule has 1 aliphatic heterocycles. The molecule has 2 atom stereocenters. The summed E-state index contributed by atoms with van der Waals surface area (Å²) in [6.07, 6.45) is 3.21. The molecule has 2 heterocycles. The Morgan fingerprint density at radius 1 is 1.46 bits per heavy atom. The highest BCUT2D eigenvalue weighted by molar-refractivity contribution is 5.94. The van der Waals surface area contributed by atoms with Crippen LogP contribution in [0.4, 0.5) is 5.82 Å². The number of cyclic esters (lactones) is 1. The van der Waals surface area contributed by atoms with E-state index in [2.05, 4.69) is 15.5 Å². The monoisotopic (exact) mass is 329 g/mol. The van der Waals surface area contributed by atoms with Crippen molar-refractivity contribution in [3.63, 3.8) is 0 Å². The average Bonchev–Trinajstić information content (AvgIpc) is 3.15. The Hall–Kier alpha value is -2.83. The Balaban J connectivity index is 1.86. The van der Waals surface area contributed by atoms with Crippen molar-refractivity contribution < 1.29 is 19.4 Å². The lowest BCUT2D eigenvalue weighted by molar-refractivity contribution is -0.150. The van der Waals surface area contributed by atoms with Gasteiger partial charge in [-0.2, -0.15) is 5.10 Å². The molecule has 3 N–H and O–H groups in total. The van der Waals surface area contributed by atoms with E-state index in [0.29, 0.717) is 12.8 Å². The molecule has 0 spiro atoms. The second-order valence-corrected chi connectivity index (χ2v) is 5.90. The van der Waals surface area contributed by atoms with Crippen LogP contribution in [0, 0.1) is 0 Å². The molecule has 3 rings (SSSR count). The van der Waals surface area contributed by atoms with Gasteiger partial charge in [-0.1, -0.05) is 43.7 Å². The van der Waals surface area contributed by atoms with Gasteiger partial charge in [-0.25, -0.2) is 9.59 Å². The molecule has 1 aliphatic rings. The third-order valence-corrected chi connectivity index (χ3v) is 4.26. The van der Waals surface area contributed by atoms with Crippen molar-refractivity contribution in [2.75, 3.05) is 5.32 Å². The molecule has 1 fully saturated rings. The van der Waals surface area contributed by atoms with Crippen LogP contribution in [-0.4, -0.2) is 33.3 Å². The molecule has 24 heavy (non-hydrogen) atoms. The minimum Gasteiger partial charge on any atom is -0.477 e. The summed E-state index contributed by atoms with van der Waals surface area (Å²) in [7, 11) is 0. The number of carbonyl (C=O) groups is 2. The molecule has 0 bridgehead atoms. The van der Waals surface area contributed by atoms with Crippen LogP contribution in [0.15, 0.2) is 36.5 Å². The minimum absolute atomic E-state index is 0.00416. The van der Waals surface area contributed by atoms with Crippen LogP contribution >= 0.6 is 0 Å². The molecule has 0 amide bonds. The van der Waals surface area contributed by atoms with Gasteiger partial charge in [-0.3, -0.25) is 5.10 Å². The Bertz CT molecular complexity index is 743. The van der Waals surface area contributed by atoms with Crippen molar-refractivity contribution in [2.45, 2.75) is 37.8 Å². The number of benzene rings is 1. The van der Waals surface area contributed by atoms with Crippen LogP contribution in [0.25, 0.3) is 0 Å². The van der Waals surface area contributed by atoms with E-state index in [4.69, 9.17) is 9.84 Å². The molecule has 0 saturated carbocycles. The molecule has 7 nitrogen and oxygen atoms in total. The number of aromatic nitrogens is 2. The summed E-state index contributed by atoms with van der Waals surface area (Å²) in [5.74, 6) is -1.29. The number of aromatic amines is 1. The molecule has 1 aromatic heterocycles. The van der Waals surface area contributed by atoms with Crippen LogP contribution in [0.2, 0.25) is 0 Å². The summed E-state index contributed by atoms with van der Waals surface area (Å²) >= 11 is 0.